The zero-order valence-corrected chi connectivity index (χ0v) is 21.2. The molecule has 1 saturated heterocycles. The number of anilines is 1. The minimum absolute atomic E-state index is 0.154. The fraction of sp³-hybridized carbons (Fsp3) is 0.115. The van der Waals surface area contributed by atoms with E-state index in [1.165, 1.54) is 30.3 Å². The number of rotatable bonds is 7. The van der Waals surface area contributed by atoms with Gasteiger partial charge in [-0.15, -0.1) is 0 Å². The predicted molar refractivity (Wildman–Crippen MR) is 136 cm³/mol. The van der Waals surface area contributed by atoms with Crippen LogP contribution >= 0.6 is 27.5 Å². The third kappa shape index (κ3) is 5.42. The highest BCUT2D eigenvalue weighted by atomic mass is 79.9. The number of barbiturate groups is 1. The summed E-state index contributed by atoms with van der Waals surface area (Å²) >= 11 is 9.63. The van der Waals surface area contributed by atoms with Crippen molar-refractivity contribution in [2.75, 3.05) is 11.5 Å². The van der Waals surface area contributed by atoms with E-state index >= 15 is 0 Å². The molecule has 184 valence electrons. The lowest BCUT2D eigenvalue weighted by Crippen LogP contribution is -2.54. The summed E-state index contributed by atoms with van der Waals surface area (Å²) in [6.07, 6.45) is 1.35. The van der Waals surface area contributed by atoms with Gasteiger partial charge in [-0.3, -0.25) is 14.9 Å². The Balaban J connectivity index is 1.66. The van der Waals surface area contributed by atoms with Crippen molar-refractivity contribution in [2.24, 2.45) is 0 Å². The molecular weight excluding hydrogens is 555 g/mol. The van der Waals surface area contributed by atoms with Gasteiger partial charge >= 0.3 is 6.03 Å². The molecule has 1 aliphatic heterocycles. The molecule has 1 N–H and O–H groups in total. The first-order valence-electron chi connectivity index (χ1n) is 10.8. The Labute approximate surface area is 219 Å². The molecule has 0 bridgehead atoms. The van der Waals surface area contributed by atoms with Crippen LogP contribution in [0.5, 0.6) is 11.5 Å². The monoisotopic (exact) mass is 572 g/mol. The van der Waals surface area contributed by atoms with Crippen molar-refractivity contribution in [3.05, 3.63) is 92.7 Å². The Bertz CT molecular complexity index is 1380. The van der Waals surface area contributed by atoms with Crippen LogP contribution in [-0.4, -0.2) is 24.5 Å². The highest BCUT2D eigenvalue weighted by Gasteiger charge is 2.37. The number of carbonyl (C=O) groups excluding carboxylic acids is 3. The molecule has 0 aromatic heterocycles. The topological polar surface area (TPSA) is 84.9 Å². The Morgan fingerprint density at radius 2 is 1.78 bits per heavy atom. The maximum absolute atomic E-state index is 13.2. The van der Waals surface area contributed by atoms with Gasteiger partial charge in [-0.1, -0.05) is 35.9 Å². The van der Waals surface area contributed by atoms with Gasteiger partial charge in [0.25, 0.3) is 11.8 Å². The predicted octanol–water partition coefficient (Wildman–Crippen LogP) is 5.89. The smallest absolute Gasteiger partial charge is 0.335 e. The van der Waals surface area contributed by atoms with Gasteiger partial charge in [0.1, 0.15) is 18.0 Å². The molecule has 1 heterocycles. The number of carbonyl (C=O) groups is 3. The normalized spacial score (nSPS) is 14.7. The second-order valence-corrected chi connectivity index (χ2v) is 8.85. The second kappa shape index (κ2) is 10.9. The van der Waals surface area contributed by atoms with Gasteiger partial charge in [0.2, 0.25) is 0 Å². The average Bonchev–Trinajstić information content (AvgIpc) is 2.83. The first-order valence-corrected chi connectivity index (χ1v) is 11.9. The Hall–Kier alpha value is -3.69. The summed E-state index contributed by atoms with van der Waals surface area (Å²) in [7, 11) is 0. The largest absolute Gasteiger partial charge is 0.490 e. The molecule has 4 rings (SSSR count). The van der Waals surface area contributed by atoms with Crippen LogP contribution in [0.3, 0.4) is 0 Å². The van der Waals surface area contributed by atoms with E-state index in [9.17, 15) is 18.8 Å². The van der Waals surface area contributed by atoms with Crippen LogP contribution < -0.4 is 19.7 Å². The zero-order valence-electron chi connectivity index (χ0n) is 18.9. The summed E-state index contributed by atoms with van der Waals surface area (Å²) in [4.78, 5) is 39.0. The maximum atomic E-state index is 13.2. The fourth-order valence-corrected chi connectivity index (χ4v) is 4.28. The van der Waals surface area contributed by atoms with Gasteiger partial charge in [-0.05, 0) is 76.5 Å². The molecule has 0 atom stereocenters. The zero-order chi connectivity index (χ0) is 25.8. The van der Waals surface area contributed by atoms with Gasteiger partial charge in [-0.2, -0.15) is 0 Å². The summed E-state index contributed by atoms with van der Waals surface area (Å²) in [5.74, 6) is -1.23. The average molecular weight is 574 g/mol. The van der Waals surface area contributed by atoms with E-state index in [2.05, 4.69) is 21.2 Å². The second-order valence-electron chi connectivity index (χ2n) is 7.59. The van der Waals surface area contributed by atoms with Gasteiger partial charge in [-0.25, -0.2) is 14.1 Å². The molecular formula is C26H19BrClFN2O5. The molecule has 0 radical (unpaired) electrons. The van der Waals surface area contributed by atoms with Gasteiger partial charge in [0.05, 0.1) is 21.8 Å². The van der Waals surface area contributed by atoms with Crippen molar-refractivity contribution in [3.63, 3.8) is 0 Å². The lowest BCUT2D eigenvalue weighted by molar-refractivity contribution is -0.122. The Kier molecular flexibility index (Phi) is 7.71. The summed E-state index contributed by atoms with van der Waals surface area (Å²) in [6, 6.07) is 14.6. The molecule has 1 aliphatic rings. The number of nitrogens with one attached hydrogen (secondary N) is 1. The molecule has 0 unspecified atom stereocenters. The summed E-state index contributed by atoms with van der Waals surface area (Å²) in [5, 5.41) is 2.35. The summed E-state index contributed by atoms with van der Waals surface area (Å²) in [5.41, 5.74) is 1.10. The SMILES string of the molecule is CCOc1cc(/C=C2\C(=O)NC(=O)N(c3ccccc3Cl)C2=O)cc(Br)c1OCc1ccc(F)cc1. The molecule has 36 heavy (non-hydrogen) atoms. The van der Waals surface area contributed by atoms with E-state index in [-0.39, 0.29) is 28.7 Å². The van der Waals surface area contributed by atoms with E-state index in [0.717, 1.165) is 10.5 Å². The molecule has 7 nitrogen and oxygen atoms in total. The highest BCUT2D eigenvalue weighted by molar-refractivity contribution is 9.10. The molecule has 0 saturated carbocycles. The number of hydrogen-bond donors (Lipinski definition) is 1. The van der Waals surface area contributed by atoms with Crippen molar-refractivity contribution in [1.82, 2.24) is 5.32 Å². The van der Waals surface area contributed by atoms with Crippen LogP contribution in [0.25, 0.3) is 6.08 Å². The maximum Gasteiger partial charge on any atom is 0.335 e. The molecule has 3 aromatic rings. The van der Waals surface area contributed by atoms with Crippen LogP contribution in [0, 0.1) is 5.82 Å². The molecule has 1 fully saturated rings. The van der Waals surface area contributed by atoms with E-state index < -0.39 is 17.8 Å². The van der Waals surface area contributed by atoms with Crippen molar-refractivity contribution >= 4 is 57.1 Å². The lowest BCUT2D eigenvalue weighted by atomic mass is 10.1. The first-order chi connectivity index (χ1) is 17.3. The van der Waals surface area contributed by atoms with Crippen LogP contribution in [0.1, 0.15) is 18.1 Å². The molecule has 4 amide bonds. The molecule has 10 heteroatoms. The van der Waals surface area contributed by atoms with E-state index in [1.807, 2.05) is 0 Å². The van der Waals surface area contributed by atoms with Crippen LogP contribution in [-0.2, 0) is 16.2 Å². The van der Waals surface area contributed by atoms with Crippen molar-refractivity contribution in [2.45, 2.75) is 13.5 Å². The van der Waals surface area contributed by atoms with Crippen molar-refractivity contribution < 1.29 is 28.2 Å². The fourth-order valence-electron chi connectivity index (χ4n) is 3.49. The van der Waals surface area contributed by atoms with Gasteiger partial charge < -0.3 is 9.47 Å². The van der Waals surface area contributed by atoms with E-state index in [4.69, 9.17) is 21.1 Å². The number of urea groups is 1. The van der Waals surface area contributed by atoms with E-state index in [0.29, 0.717) is 28.1 Å². The molecule has 3 aromatic carbocycles. The Morgan fingerprint density at radius 3 is 2.47 bits per heavy atom. The molecule has 0 aliphatic carbocycles. The number of imide groups is 2. The van der Waals surface area contributed by atoms with Crippen LogP contribution in [0.2, 0.25) is 5.02 Å². The first kappa shape index (κ1) is 25.4. The highest BCUT2D eigenvalue weighted by Crippen LogP contribution is 2.38. The van der Waals surface area contributed by atoms with Crippen LogP contribution in [0.4, 0.5) is 14.9 Å². The van der Waals surface area contributed by atoms with Crippen molar-refractivity contribution in [3.8, 4) is 11.5 Å². The Morgan fingerprint density at radius 1 is 1.06 bits per heavy atom. The van der Waals surface area contributed by atoms with Gasteiger partial charge in [0, 0.05) is 0 Å². The minimum atomic E-state index is -0.893. The quantitative estimate of drug-likeness (QED) is 0.282. The summed E-state index contributed by atoms with van der Waals surface area (Å²) in [6.45, 7) is 2.29. The minimum Gasteiger partial charge on any atom is -0.490 e. The number of ether oxygens (including phenoxy) is 2. The molecule has 0 spiro atoms. The summed E-state index contributed by atoms with van der Waals surface area (Å²) < 4.78 is 25.3. The van der Waals surface area contributed by atoms with Crippen LogP contribution in [0.15, 0.2) is 70.7 Å². The lowest BCUT2D eigenvalue weighted by Gasteiger charge is -2.27. The third-order valence-electron chi connectivity index (χ3n) is 5.13. The van der Waals surface area contributed by atoms with E-state index in [1.54, 1.807) is 43.3 Å². The number of amides is 4. The van der Waals surface area contributed by atoms with Crippen molar-refractivity contribution in [1.29, 1.82) is 0 Å². The number of para-hydroxylation sites is 1. The third-order valence-corrected chi connectivity index (χ3v) is 6.04. The number of halogens is 3. The number of benzene rings is 3. The van der Waals surface area contributed by atoms with Gasteiger partial charge in [0.15, 0.2) is 11.5 Å². The number of nitrogens with zero attached hydrogens (tertiary/aromatic N) is 1. The number of hydrogen-bond acceptors (Lipinski definition) is 5. The standard InChI is InChI=1S/C26H19BrClFN2O5/c1-2-35-22-13-16(12-19(27)23(22)36-14-15-7-9-17(29)10-8-15)11-18-24(32)30-26(34)31(25(18)33)21-6-4-3-5-20(21)28/h3-13H,2,14H2,1H3,(H,30,32,34)/b18-11+.